The van der Waals surface area contributed by atoms with Crippen molar-refractivity contribution in [3.05, 3.63) is 69.8 Å². The molecule has 1 aromatic heterocycles. The van der Waals surface area contributed by atoms with Crippen LogP contribution in [-0.2, 0) is 16.2 Å². The number of benzene rings is 2. The summed E-state index contributed by atoms with van der Waals surface area (Å²) in [6, 6.07) is 16.0. The third-order valence-electron chi connectivity index (χ3n) is 5.70. The summed E-state index contributed by atoms with van der Waals surface area (Å²) in [5.41, 5.74) is 3.76. The van der Waals surface area contributed by atoms with Gasteiger partial charge in [0, 0.05) is 28.6 Å². The largest absolute Gasteiger partial charge is 0.476 e. The molecule has 35 heavy (non-hydrogen) atoms. The second-order valence-corrected chi connectivity index (χ2v) is 11.6. The Morgan fingerprint density at radius 3 is 2.31 bits per heavy atom. The number of thioether (sulfide) groups is 2. The summed E-state index contributed by atoms with van der Waals surface area (Å²) >= 11 is 8.00. The maximum atomic E-state index is 11.9. The number of hydrogen-bond donors (Lipinski definition) is 1. The average Bonchev–Trinajstić information content (AvgIpc) is 3.13. The molecule has 0 aliphatic rings. The van der Waals surface area contributed by atoms with Crippen LogP contribution < -0.4 is 0 Å². The Morgan fingerprint density at radius 2 is 1.69 bits per heavy atom. The standard InChI is InChI=1S/C27H33BrN2O3S2/c1-4-6-16-34-27(35-17-7-5-2)23-21-14-10-11-15-22(21)30(25(23)28)18-19-12-8-9-13-20(19)24(26(31)32)29-33-3/h8-15,27H,4-7,16-18H2,1-3H3,(H,31,32). The van der Waals surface area contributed by atoms with Gasteiger partial charge in [0.15, 0.2) is 5.71 Å². The molecule has 0 aliphatic heterocycles. The number of fused-ring (bicyclic) bond motifs is 1. The van der Waals surface area contributed by atoms with Gasteiger partial charge in [0.2, 0.25) is 0 Å². The van der Waals surface area contributed by atoms with Gasteiger partial charge in [-0.3, -0.25) is 0 Å². The molecule has 0 fully saturated rings. The number of oxime groups is 1. The zero-order valence-electron chi connectivity index (χ0n) is 20.5. The maximum absolute atomic E-state index is 11.9. The van der Waals surface area contributed by atoms with E-state index in [0.29, 0.717) is 16.7 Å². The van der Waals surface area contributed by atoms with Crippen LogP contribution in [-0.4, -0.2) is 40.0 Å². The highest BCUT2D eigenvalue weighted by atomic mass is 79.9. The lowest BCUT2D eigenvalue weighted by molar-refractivity contribution is -0.129. The average molecular weight is 578 g/mol. The minimum Gasteiger partial charge on any atom is -0.476 e. The van der Waals surface area contributed by atoms with Crippen molar-refractivity contribution in [3.63, 3.8) is 0 Å². The topological polar surface area (TPSA) is 63.8 Å². The van der Waals surface area contributed by atoms with E-state index in [9.17, 15) is 9.90 Å². The number of carbonyl (C=O) groups is 1. The number of carboxylic acids is 1. The Balaban J connectivity index is 2.08. The first kappa shape index (κ1) is 27.7. The lowest BCUT2D eigenvalue weighted by Gasteiger charge is -2.17. The fourth-order valence-corrected chi connectivity index (χ4v) is 8.09. The van der Waals surface area contributed by atoms with Crippen LogP contribution in [0.4, 0.5) is 0 Å². The minimum absolute atomic E-state index is 0.0981. The van der Waals surface area contributed by atoms with E-state index in [2.05, 4.69) is 63.8 Å². The molecule has 3 aromatic rings. The lowest BCUT2D eigenvalue weighted by atomic mass is 10.0. The second-order valence-electron chi connectivity index (χ2n) is 8.17. The van der Waals surface area contributed by atoms with Gasteiger partial charge < -0.3 is 14.5 Å². The van der Waals surface area contributed by atoms with Crippen molar-refractivity contribution in [1.29, 1.82) is 0 Å². The highest BCUT2D eigenvalue weighted by Crippen LogP contribution is 2.47. The third kappa shape index (κ3) is 6.86. The zero-order valence-corrected chi connectivity index (χ0v) is 23.7. The van der Waals surface area contributed by atoms with Gasteiger partial charge >= 0.3 is 5.97 Å². The molecule has 0 radical (unpaired) electrons. The number of aromatic nitrogens is 1. The molecular formula is C27H33BrN2O3S2. The Labute approximate surface area is 224 Å². The number of nitrogens with zero attached hydrogens (tertiary/aromatic N) is 2. The predicted molar refractivity (Wildman–Crippen MR) is 154 cm³/mol. The van der Waals surface area contributed by atoms with E-state index >= 15 is 0 Å². The van der Waals surface area contributed by atoms with Gasteiger partial charge in [0.1, 0.15) is 7.11 Å². The van der Waals surface area contributed by atoms with Gasteiger partial charge in [-0.25, -0.2) is 4.79 Å². The van der Waals surface area contributed by atoms with Crippen LogP contribution in [0.1, 0.15) is 60.8 Å². The highest BCUT2D eigenvalue weighted by molar-refractivity contribution is 9.10. The summed E-state index contributed by atoms with van der Waals surface area (Å²) in [7, 11) is 1.36. The quantitative estimate of drug-likeness (QED) is 0.0912. The molecule has 5 nitrogen and oxygen atoms in total. The summed E-state index contributed by atoms with van der Waals surface area (Å²) in [4.78, 5) is 16.7. The van der Waals surface area contributed by atoms with E-state index < -0.39 is 5.97 Å². The van der Waals surface area contributed by atoms with Gasteiger partial charge in [-0.05, 0) is 51.9 Å². The van der Waals surface area contributed by atoms with E-state index in [1.807, 2.05) is 41.7 Å². The molecule has 2 aromatic carbocycles. The number of para-hydroxylation sites is 1. The molecule has 0 amide bonds. The highest BCUT2D eigenvalue weighted by Gasteiger charge is 2.25. The van der Waals surface area contributed by atoms with Crippen molar-refractivity contribution < 1.29 is 14.7 Å². The normalized spacial score (nSPS) is 12.0. The molecule has 0 atom stereocenters. The molecule has 188 valence electrons. The molecule has 0 bridgehead atoms. The monoisotopic (exact) mass is 576 g/mol. The van der Waals surface area contributed by atoms with Crippen LogP contribution >= 0.6 is 39.5 Å². The first-order valence-corrected chi connectivity index (χ1v) is 14.8. The Bertz CT molecular complexity index is 1150. The minimum atomic E-state index is -1.11. The number of carboxylic acid groups (broad SMARTS) is 1. The molecule has 0 saturated heterocycles. The summed E-state index contributed by atoms with van der Waals surface area (Å²) < 4.78 is 3.62. The first-order chi connectivity index (χ1) is 17.0. The van der Waals surface area contributed by atoms with Crippen LogP contribution in [0, 0.1) is 0 Å². The SMILES string of the molecule is CCCCSC(SCCCC)c1c(Br)n(Cc2ccccc2C(=NOC)C(=O)O)c2ccccc12. The maximum Gasteiger partial charge on any atom is 0.358 e. The smallest absolute Gasteiger partial charge is 0.358 e. The molecular weight excluding hydrogens is 544 g/mol. The van der Waals surface area contributed by atoms with Gasteiger partial charge in [0.05, 0.1) is 9.19 Å². The third-order valence-corrected chi connectivity index (χ3v) is 9.50. The summed E-state index contributed by atoms with van der Waals surface area (Å²) in [6.45, 7) is 4.98. The Kier molecular flexibility index (Phi) is 11.1. The Hall–Kier alpha value is -1.90. The fraction of sp³-hybridized carbons (Fsp3) is 0.407. The zero-order chi connectivity index (χ0) is 25.2. The second kappa shape index (κ2) is 14.0. The van der Waals surface area contributed by atoms with Crippen LogP contribution in [0.15, 0.2) is 58.3 Å². The number of unbranched alkanes of at least 4 members (excludes halogenated alkanes) is 2. The van der Waals surface area contributed by atoms with Crippen molar-refractivity contribution in [2.45, 2.75) is 50.7 Å². The van der Waals surface area contributed by atoms with Crippen LogP contribution in [0.3, 0.4) is 0 Å². The van der Waals surface area contributed by atoms with E-state index in [-0.39, 0.29) is 5.71 Å². The van der Waals surface area contributed by atoms with Crippen molar-refractivity contribution in [2.24, 2.45) is 5.16 Å². The number of hydrogen-bond acceptors (Lipinski definition) is 5. The number of aliphatic carboxylic acids is 1. The van der Waals surface area contributed by atoms with E-state index in [0.717, 1.165) is 27.2 Å². The van der Waals surface area contributed by atoms with Crippen LogP contribution in [0.25, 0.3) is 10.9 Å². The van der Waals surface area contributed by atoms with Crippen molar-refractivity contribution in [3.8, 4) is 0 Å². The predicted octanol–water partition coefficient (Wildman–Crippen LogP) is 7.95. The summed E-state index contributed by atoms with van der Waals surface area (Å²) in [6.07, 6.45) is 4.79. The summed E-state index contributed by atoms with van der Waals surface area (Å²) in [5.74, 6) is 1.14. The molecule has 0 spiro atoms. The van der Waals surface area contributed by atoms with E-state index in [1.165, 1.54) is 43.7 Å². The fourth-order valence-electron chi connectivity index (χ4n) is 3.92. The van der Waals surface area contributed by atoms with Crippen molar-refractivity contribution in [2.75, 3.05) is 18.6 Å². The Morgan fingerprint density at radius 1 is 1.06 bits per heavy atom. The van der Waals surface area contributed by atoms with E-state index in [4.69, 9.17) is 4.84 Å². The van der Waals surface area contributed by atoms with Gasteiger partial charge in [-0.2, -0.15) is 0 Å². The first-order valence-electron chi connectivity index (χ1n) is 12.0. The van der Waals surface area contributed by atoms with Gasteiger partial charge in [-0.15, -0.1) is 23.5 Å². The lowest BCUT2D eigenvalue weighted by Crippen LogP contribution is -2.18. The van der Waals surface area contributed by atoms with E-state index in [1.54, 1.807) is 6.07 Å². The van der Waals surface area contributed by atoms with Crippen LogP contribution in [0.5, 0.6) is 0 Å². The molecule has 1 N–H and O–H groups in total. The summed E-state index contributed by atoms with van der Waals surface area (Å²) in [5, 5.41) is 14.7. The van der Waals surface area contributed by atoms with Gasteiger partial charge in [0.25, 0.3) is 0 Å². The number of rotatable bonds is 14. The molecule has 3 rings (SSSR count). The molecule has 0 aliphatic carbocycles. The number of halogens is 1. The molecule has 1 heterocycles. The van der Waals surface area contributed by atoms with Gasteiger partial charge in [-0.1, -0.05) is 74.3 Å². The molecule has 0 unspecified atom stereocenters. The molecule has 8 heteroatoms. The van der Waals surface area contributed by atoms with Crippen molar-refractivity contribution in [1.82, 2.24) is 4.57 Å². The van der Waals surface area contributed by atoms with Crippen molar-refractivity contribution >= 4 is 62.0 Å². The molecule has 0 saturated carbocycles. The van der Waals surface area contributed by atoms with Crippen LogP contribution in [0.2, 0.25) is 0 Å².